The molecule has 4 aliphatic carbocycles. The zero-order valence-corrected chi connectivity index (χ0v) is 19.1. The van der Waals surface area contributed by atoms with Crippen molar-refractivity contribution in [3.05, 3.63) is 0 Å². The van der Waals surface area contributed by atoms with Gasteiger partial charge in [0.15, 0.2) is 0 Å². The summed E-state index contributed by atoms with van der Waals surface area (Å²) < 4.78 is 10.7. The number of carbonyl (C=O) groups excluding carboxylic acids is 2. The molecule has 0 atom stereocenters. The highest BCUT2D eigenvalue weighted by Gasteiger charge is 2.58. The van der Waals surface area contributed by atoms with Gasteiger partial charge >= 0.3 is 0 Å². The molecule has 172 valence electrons. The Morgan fingerprint density at radius 3 is 1.63 bits per heavy atom. The summed E-state index contributed by atoms with van der Waals surface area (Å²) in [7, 11) is 0. The van der Waals surface area contributed by atoms with Crippen LogP contribution in [0.25, 0.3) is 0 Å². The number of ether oxygens (including phenoxy) is 2. The van der Waals surface area contributed by atoms with Crippen LogP contribution in [-0.4, -0.2) is 51.3 Å². The second-order valence-electron chi connectivity index (χ2n) is 10.1. The van der Waals surface area contributed by atoms with Crippen LogP contribution in [0.5, 0.6) is 0 Å². The first-order chi connectivity index (χ1) is 14.5. The molecule has 0 unspecified atom stereocenters. The van der Waals surface area contributed by atoms with Gasteiger partial charge in [-0.2, -0.15) is 0 Å². The molecule has 6 nitrogen and oxygen atoms in total. The lowest BCUT2D eigenvalue weighted by Gasteiger charge is -2.62. The smallest absolute Gasteiger partial charge is 0.220 e. The molecule has 0 radical (unpaired) electrons. The molecular formula is C24H42N2O4. The maximum Gasteiger partial charge on any atom is 0.220 e. The average Bonchev–Trinajstić information content (AvgIpc) is 2.65. The predicted octanol–water partition coefficient (Wildman–Crippen LogP) is 3.44. The van der Waals surface area contributed by atoms with Gasteiger partial charge in [0.25, 0.3) is 0 Å². The van der Waals surface area contributed by atoms with Crippen LogP contribution in [0.15, 0.2) is 0 Å². The number of rotatable bonds is 14. The topological polar surface area (TPSA) is 76.7 Å². The summed E-state index contributed by atoms with van der Waals surface area (Å²) in [6.45, 7) is 8.22. The predicted molar refractivity (Wildman–Crippen MR) is 117 cm³/mol. The van der Waals surface area contributed by atoms with E-state index < -0.39 is 0 Å². The van der Waals surface area contributed by atoms with E-state index in [1.807, 2.05) is 13.8 Å². The third kappa shape index (κ3) is 6.43. The summed E-state index contributed by atoms with van der Waals surface area (Å²) in [6, 6.07) is 0. The number of amides is 2. The van der Waals surface area contributed by atoms with Crippen LogP contribution in [0.3, 0.4) is 0 Å². The van der Waals surface area contributed by atoms with Crippen LogP contribution >= 0.6 is 0 Å². The maximum atomic E-state index is 12.7. The minimum Gasteiger partial charge on any atom is -0.382 e. The molecule has 0 heterocycles. The Hall–Kier alpha value is -1.14. The highest BCUT2D eigenvalue weighted by atomic mass is 16.5. The van der Waals surface area contributed by atoms with Crippen LogP contribution in [0.2, 0.25) is 0 Å². The van der Waals surface area contributed by atoms with E-state index in [9.17, 15) is 9.59 Å². The summed E-state index contributed by atoms with van der Waals surface area (Å²) >= 11 is 0. The van der Waals surface area contributed by atoms with Crippen LogP contribution in [0, 0.1) is 22.7 Å². The molecule has 30 heavy (non-hydrogen) atoms. The third-order valence-corrected chi connectivity index (χ3v) is 7.36. The van der Waals surface area contributed by atoms with Gasteiger partial charge < -0.3 is 20.1 Å². The molecule has 4 aliphatic rings. The lowest BCUT2D eigenvalue weighted by atomic mass is 9.43. The standard InChI is InChI=1S/C24H42N2O4/c1-3-29-9-5-7-25-21(27)16-23-12-19-11-20(13-23)15-24(14-19,18-23)17-22(28)26-8-6-10-30-4-2/h19-20H,3-18H2,1-2H3,(H,25,27)(H,26,28). The van der Waals surface area contributed by atoms with Crippen molar-refractivity contribution in [2.75, 3.05) is 39.5 Å². The molecule has 4 rings (SSSR count). The summed E-state index contributed by atoms with van der Waals surface area (Å²) in [5, 5.41) is 6.21. The van der Waals surface area contributed by atoms with Gasteiger partial charge in [-0.05, 0) is 87.9 Å². The van der Waals surface area contributed by atoms with Crippen molar-refractivity contribution < 1.29 is 19.1 Å². The van der Waals surface area contributed by atoms with E-state index in [1.165, 1.54) is 32.1 Å². The summed E-state index contributed by atoms with van der Waals surface area (Å²) in [5.74, 6) is 1.76. The van der Waals surface area contributed by atoms with E-state index >= 15 is 0 Å². The van der Waals surface area contributed by atoms with E-state index in [2.05, 4.69) is 10.6 Å². The van der Waals surface area contributed by atoms with Gasteiger partial charge in [0.2, 0.25) is 11.8 Å². The maximum absolute atomic E-state index is 12.7. The molecule has 4 fully saturated rings. The lowest BCUT2D eigenvalue weighted by molar-refractivity contribution is -0.146. The zero-order valence-electron chi connectivity index (χ0n) is 19.1. The normalized spacial score (nSPS) is 31.7. The van der Waals surface area contributed by atoms with Gasteiger partial charge in [-0.15, -0.1) is 0 Å². The first kappa shape index (κ1) is 23.5. The highest BCUT2D eigenvalue weighted by molar-refractivity contribution is 5.77. The van der Waals surface area contributed by atoms with Crippen LogP contribution < -0.4 is 10.6 Å². The van der Waals surface area contributed by atoms with Crippen molar-refractivity contribution in [3.63, 3.8) is 0 Å². The molecule has 0 aromatic carbocycles. The highest BCUT2D eigenvalue weighted by Crippen LogP contribution is 2.67. The monoisotopic (exact) mass is 422 g/mol. The SMILES string of the molecule is CCOCCCNC(=O)CC12CC3CC(C1)CC(CC(=O)NCCCOCC)(C3)C2. The minimum absolute atomic E-state index is 0.114. The van der Waals surface area contributed by atoms with E-state index in [0.717, 1.165) is 32.5 Å². The Morgan fingerprint density at radius 1 is 0.800 bits per heavy atom. The first-order valence-corrected chi connectivity index (χ1v) is 12.2. The van der Waals surface area contributed by atoms with Crippen molar-refractivity contribution in [3.8, 4) is 0 Å². The van der Waals surface area contributed by atoms with Crippen LogP contribution in [0.1, 0.15) is 78.1 Å². The molecule has 4 bridgehead atoms. The molecule has 2 amide bonds. The van der Waals surface area contributed by atoms with E-state index in [-0.39, 0.29) is 22.6 Å². The third-order valence-electron chi connectivity index (χ3n) is 7.36. The first-order valence-electron chi connectivity index (χ1n) is 12.2. The molecule has 0 aliphatic heterocycles. The fraction of sp³-hybridized carbons (Fsp3) is 0.917. The summed E-state index contributed by atoms with van der Waals surface area (Å²) in [6.07, 6.45) is 10.0. The largest absolute Gasteiger partial charge is 0.382 e. The van der Waals surface area contributed by atoms with Gasteiger partial charge in [0, 0.05) is 52.4 Å². The zero-order chi connectivity index (χ0) is 21.5. The van der Waals surface area contributed by atoms with Crippen LogP contribution in [-0.2, 0) is 19.1 Å². The molecule has 0 saturated heterocycles. The quantitative estimate of drug-likeness (QED) is 0.421. The van der Waals surface area contributed by atoms with Crippen molar-refractivity contribution in [2.45, 2.75) is 78.1 Å². The van der Waals surface area contributed by atoms with E-state index in [0.29, 0.717) is 51.0 Å². The van der Waals surface area contributed by atoms with Gasteiger partial charge in [0.1, 0.15) is 0 Å². The van der Waals surface area contributed by atoms with Crippen molar-refractivity contribution in [1.29, 1.82) is 0 Å². The van der Waals surface area contributed by atoms with Gasteiger partial charge in [0.05, 0.1) is 0 Å². The van der Waals surface area contributed by atoms with Crippen molar-refractivity contribution in [2.24, 2.45) is 22.7 Å². The Balaban J connectivity index is 1.49. The van der Waals surface area contributed by atoms with Gasteiger partial charge in [-0.25, -0.2) is 0 Å². The molecule has 0 spiro atoms. The second-order valence-corrected chi connectivity index (χ2v) is 10.1. The second kappa shape index (κ2) is 10.9. The van der Waals surface area contributed by atoms with Gasteiger partial charge in [-0.1, -0.05) is 0 Å². The fourth-order valence-corrected chi connectivity index (χ4v) is 6.96. The Bertz CT molecular complexity index is 520. The molecule has 2 N–H and O–H groups in total. The Kier molecular flexibility index (Phi) is 8.58. The van der Waals surface area contributed by atoms with Gasteiger partial charge in [-0.3, -0.25) is 9.59 Å². The summed E-state index contributed by atoms with van der Waals surface area (Å²) in [4.78, 5) is 25.3. The van der Waals surface area contributed by atoms with Crippen molar-refractivity contribution in [1.82, 2.24) is 10.6 Å². The molecule has 0 aromatic rings. The minimum atomic E-state index is 0.114. The average molecular weight is 423 g/mol. The number of hydrogen-bond acceptors (Lipinski definition) is 4. The molecule has 6 heteroatoms. The fourth-order valence-electron chi connectivity index (χ4n) is 6.96. The molecular weight excluding hydrogens is 380 g/mol. The molecule has 0 aromatic heterocycles. The Morgan fingerprint density at radius 2 is 1.23 bits per heavy atom. The summed E-state index contributed by atoms with van der Waals surface area (Å²) in [5.41, 5.74) is 0.229. The lowest BCUT2D eigenvalue weighted by Crippen LogP contribution is -2.54. The number of nitrogens with one attached hydrogen (secondary N) is 2. The molecule has 4 saturated carbocycles. The van der Waals surface area contributed by atoms with Crippen LogP contribution in [0.4, 0.5) is 0 Å². The number of hydrogen-bond donors (Lipinski definition) is 2. The Labute approximate surface area is 182 Å². The van der Waals surface area contributed by atoms with Crippen molar-refractivity contribution >= 4 is 11.8 Å². The van der Waals surface area contributed by atoms with E-state index in [4.69, 9.17) is 9.47 Å². The van der Waals surface area contributed by atoms with E-state index in [1.54, 1.807) is 0 Å². The number of carbonyl (C=O) groups is 2.